The molecule has 1 unspecified atom stereocenters. The van der Waals surface area contributed by atoms with Crippen molar-refractivity contribution in [3.63, 3.8) is 0 Å². The standard InChI is InChI=1S/C15H26N2/c1-6-10-11-12-14(5)13-17(9-4)15(7-2)16-8-3/h7-9,14H,2-4,6,10-13H2,1,5H3. The van der Waals surface area contributed by atoms with Crippen molar-refractivity contribution in [3.8, 4) is 0 Å². The molecule has 0 amide bonds. The van der Waals surface area contributed by atoms with Crippen molar-refractivity contribution < 1.29 is 0 Å². The van der Waals surface area contributed by atoms with Crippen molar-refractivity contribution in [1.29, 1.82) is 0 Å². The molecule has 0 aliphatic carbocycles. The Morgan fingerprint density at radius 2 is 2.00 bits per heavy atom. The Bertz CT molecular complexity index is 266. The molecule has 0 aromatic rings. The second-order valence-corrected chi connectivity index (χ2v) is 4.31. The minimum absolute atomic E-state index is 0.634. The Labute approximate surface area is 106 Å². The van der Waals surface area contributed by atoms with Crippen molar-refractivity contribution in [2.45, 2.75) is 39.5 Å². The number of amidine groups is 1. The molecule has 0 saturated heterocycles. The van der Waals surface area contributed by atoms with Gasteiger partial charge in [0.1, 0.15) is 5.84 Å². The monoisotopic (exact) mass is 234 g/mol. The Kier molecular flexibility index (Phi) is 9.12. The summed E-state index contributed by atoms with van der Waals surface area (Å²) in [7, 11) is 0. The van der Waals surface area contributed by atoms with Crippen molar-refractivity contribution >= 4 is 5.84 Å². The molecule has 0 aromatic carbocycles. The van der Waals surface area contributed by atoms with E-state index in [4.69, 9.17) is 0 Å². The number of nitrogens with zero attached hydrogens (tertiary/aromatic N) is 2. The molecule has 0 aliphatic heterocycles. The topological polar surface area (TPSA) is 15.6 Å². The maximum atomic E-state index is 4.18. The second kappa shape index (κ2) is 9.88. The lowest BCUT2D eigenvalue weighted by Gasteiger charge is -2.23. The Morgan fingerprint density at radius 1 is 1.29 bits per heavy atom. The van der Waals surface area contributed by atoms with Gasteiger partial charge in [-0.1, -0.05) is 52.8 Å². The predicted molar refractivity (Wildman–Crippen MR) is 78.0 cm³/mol. The highest BCUT2D eigenvalue weighted by atomic mass is 15.2. The summed E-state index contributed by atoms with van der Waals surface area (Å²) >= 11 is 0. The number of unbranched alkanes of at least 4 members (excludes halogenated alkanes) is 2. The molecule has 0 N–H and O–H groups in total. The molecule has 0 heterocycles. The molecule has 0 fully saturated rings. The molecule has 1 atom stereocenters. The van der Waals surface area contributed by atoms with Gasteiger partial charge in [-0.3, -0.25) is 0 Å². The molecule has 0 spiro atoms. The van der Waals surface area contributed by atoms with Gasteiger partial charge in [0.25, 0.3) is 0 Å². The van der Waals surface area contributed by atoms with Gasteiger partial charge in [0, 0.05) is 12.7 Å². The molecule has 2 nitrogen and oxygen atoms in total. The first-order valence-electron chi connectivity index (χ1n) is 6.39. The third kappa shape index (κ3) is 6.77. The van der Waals surface area contributed by atoms with Crippen LogP contribution >= 0.6 is 0 Å². The Hall–Kier alpha value is -1.31. The van der Waals surface area contributed by atoms with Crippen LogP contribution in [0.1, 0.15) is 39.5 Å². The van der Waals surface area contributed by atoms with E-state index in [9.17, 15) is 0 Å². The highest BCUT2D eigenvalue weighted by Gasteiger charge is 2.09. The molecule has 0 radical (unpaired) electrons. The van der Waals surface area contributed by atoms with Crippen LogP contribution in [-0.2, 0) is 0 Å². The summed E-state index contributed by atoms with van der Waals surface area (Å²) in [4.78, 5) is 6.21. The zero-order chi connectivity index (χ0) is 13.1. The van der Waals surface area contributed by atoms with Gasteiger partial charge in [-0.15, -0.1) is 0 Å². The lowest BCUT2D eigenvalue weighted by atomic mass is 10.0. The third-order valence-corrected chi connectivity index (χ3v) is 2.73. The molecule has 0 aliphatic rings. The first kappa shape index (κ1) is 15.7. The second-order valence-electron chi connectivity index (χ2n) is 4.31. The van der Waals surface area contributed by atoms with Crippen LogP contribution in [0.4, 0.5) is 0 Å². The number of hydrogen-bond donors (Lipinski definition) is 0. The van der Waals surface area contributed by atoms with Gasteiger partial charge in [0.05, 0.1) is 0 Å². The average molecular weight is 234 g/mol. The van der Waals surface area contributed by atoms with Crippen molar-refractivity contribution in [3.05, 3.63) is 38.2 Å². The summed E-state index contributed by atoms with van der Waals surface area (Å²) in [5.41, 5.74) is 0. The fraction of sp³-hybridized carbons (Fsp3) is 0.533. The summed E-state index contributed by atoms with van der Waals surface area (Å²) in [6.45, 7) is 16.6. The lowest BCUT2D eigenvalue weighted by molar-refractivity contribution is 0.400. The van der Waals surface area contributed by atoms with Crippen molar-refractivity contribution in [1.82, 2.24) is 4.90 Å². The third-order valence-electron chi connectivity index (χ3n) is 2.73. The molecule has 0 saturated carbocycles. The highest BCUT2D eigenvalue weighted by Crippen LogP contribution is 2.12. The van der Waals surface area contributed by atoms with E-state index in [-0.39, 0.29) is 0 Å². The van der Waals surface area contributed by atoms with Crippen molar-refractivity contribution in [2.75, 3.05) is 6.54 Å². The van der Waals surface area contributed by atoms with E-state index in [1.807, 2.05) is 4.90 Å². The van der Waals surface area contributed by atoms with E-state index in [2.05, 4.69) is 38.6 Å². The van der Waals surface area contributed by atoms with Gasteiger partial charge in [-0.05, 0) is 24.6 Å². The van der Waals surface area contributed by atoms with Gasteiger partial charge in [0.15, 0.2) is 0 Å². The van der Waals surface area contributed by atoms with Crippen LogP contribution in [0.3, 0.4) is 0 Å². The van der Waals surface area contributed by atoms with E-state index < -0.39 is 0 Å². The highest BCUT2D eigenvalue weighted by molar-refractivity contribution is 5.93. The zero-order valence-electron chi connectivity index (χ0n) is 11.4. The van der Waals surface area contributed by atoms with Crippen LogP contribution in [0, 0.1) is 5.92 Å². The largest absolute Gasteiger partial charge is 0.333 e. The van der Waals surface area contributed by atoms with Gasteiger partial charge < -0.3 is 4.90 Å². The Balaban J connectivity index is 4.28. The van der Waals surface area contributed by atoms with E-state index in [0.29, 0.717) is 5.92 Å². The fourth-order valence-corrected chi connectivity index (χ4v) is 1.77. The van der Waals surface area contributed by atoms with Crippen LogP contribution < -0.4 is 0 Å². The normalized spacial score (nSPS) is 12.9. The molecule has 96 valence electrons. The minimum atomic E-state index is 0.634. The molecular weight excluding hydrogens is 208 g/mol. The van der Waals surface area contributed by atoms with E-state index >= 15 is 0 Å². The fourth-order valence-electron chi connectivity index (χ4n) is 1.77. The first-order valence-corrected chi connectivity index (χ1v) is 6.39. The van der Waals surface area contributed by atoms with E-state index in [1.54, 1.807) is 12.3 Å². The van der Waals surface area contributed by atoms with Gasteiger partial charge in [0.2, 0.25) is 0 Å². The average Bonchev–Trinajstić information content (AvgIpc) is 2.33. The maximum Gasteiger partial charge on any atom is 0.131 e. The smallest absolute Gasteiger partial charge is 0.131 e. The van der Waals surface area contributed by atoms with Crippen LogP contribution in [0.5, 0.6) is 0 Å². The van der Waals surface area contributed by atoms with E-state index in [1.165, 1.54) is 31.9 Å². The summed E-state index contributed by atoms with van der Waals surface area (Å²) < 4.78 is 0. The predicted octanol–water partition coefficient (Wildman–Crippen LogP) is 4.38. The maximum absolute atomic E-state index is 4.18. The molecular formula is C15H26N2. The molecule has 0 rings (SSSR count). The first-order chi connectivity index (χ1) is 8.19. The van der Waals surface area contributed by atoms with Gasteiger partial charge >= 0.3 is 0 Å². The van der Waals surface area contributed by atoms with Crippen molar-refractivity contribution in [2.24, 2.45) is 10.9 Å². The number of rotatable bonds is 9. The van der Waals surface area contributed by atoms with Crippen LogP contribution in [0.15, 0.2) is 43.2 Å². The Morgan fingerprint density at radius 3 is 2.47 bits per heavy atom. The quantitative estimate of drug-likeness (QED) is 0.328. The summed E-state index contributed by atoms with van der Waals surface area (Å²) in [5, 5.41) is 0. The van der Waals surface area contributed by atoms with Crippen LogP contribution in [0.2, 0.25) is 0 Å². The number of aliphatic imine (C=N–C) groups is 1. The molecule has 0 bridgehead atoms. The molecule has 17 heavy (non-hydrogen) atoms. The van der Waals surface area contributed by atoms with Gasteiger partial charge in [-0.2, -0.15) is 0 Å². The van der Waals surface area contributed by atoms with Gasteiger partial charge in [-0.25, -0.2) is 4.99 Å². The minimum Gasteiger partial charge on any atom is -0.333 e. The molecule has 0 aromatic heterocycles. The molecule has 2 heteroatoms. The van der Waals surface area contributed by atoms with E-state index in [0.717, 1.165) is 12.4 Å². The summed E-state index contributed by atoms with van der Waals surface area (Å²) in [6.07, 6.45) is 10.2. The lowest BCUT2D eigenvalue weighted by Crippen LogP contribution is -2.28. The number of hydrogen-bond acceptors (Lipinski definition) is 1. The van der Waals surface area contributed by atoms with Crippen LogP contribution in [0.25, 0.3) is 0 Å². The summed E-state index contributed by atoms with van der Waals surface area (Å²) in [5.74, 6) is 1.45. The SMILES string of the molecule is C=CN=C(C=C)N(C=C)CC(C)CCCCC. The summed E-state index contributed by atoms with van der Waals surface area (Å²) in [6, 6.07) is 0. The van der Waals surface area contributed by atoms with Crippen LogP contribution in [-0.4, -0.2) is 17.3 Å². The zero-order valence-corrected chi connectivity index (χ0v) is 11.4.